The van der Waals surface area contributed by atoms with Gasteiger partial charge in [-0.1, -0.05) is 30.3 Å². The fourth-order valence-electron chi connectivity index (χ4n) is 3.05. The zero-order valence-electron chi connectivity index (χ0n) is 17.8. The van der Waals surface area contributed by atoms with E-state index < -0.39 is 18.7 Å². The molecule has 0 fully saturated rings. The second-order valence-corrected chi connectivity index (χ2v) is 7.09. The molecule has 0 bridgehead atoms. The van der Waals surface area contributed by atoms with E-state index in [0.717, 1.165) is 17.4 Å². The van der Waals surface area contributed by atoms with Crippen molar-refractivity contribution in [3.63, 3.8) is 0 Å². The molecule has 2 amide bonds. The molecule has 0 saturated carbocycles. The Hall–Kier alpha value is -3.88. The summed E-state index contributed by atoms with van der Waals surface area (Å²) in [5.41, 5.74) is 2.29. The number of nitrogens with zero attached hydrogens (tertiary/aromatic N) is 2. The minimum absolute atomic E-state index is 0.0422. The van der Waals surface area contributed by atoms with Gasteiger partial charge in [0.25, 0.3) is 5.91 Å². The number of alkyl halides is 3. The van der Waals surface area contributed by atoms with Crippen molar-refractivity contribution in [2.24, 2.45) is 0 Å². The molecule has 0 radical (unpaired) electrons. The first-order valence-corrected chi connectivity index (χ1v) is 10.2. The lowest BCUT2D eigenvalue weighted by Crippen LogP contribution is -2.31. The number of likely N-dealkylation sites (N-methyl/N-ethyl adjacent to an activating group) is 1. The molecule has 9 heteroatoms. The Kier molecular flexibility index (Phi) is 7.66. The fourth-order valence-corrected chi connectivity index (χ4v) is 3.05. The second kappa shape index (κ2) is 10.6. The number of pyridine rings is 1. The van der Waals surface area contributed by atoms with Crippen LogP contribution in [0.25, 0.3) is 0 Å². The topological polar surface area (TPSA) is 71.5 Å². The molecular weight excluding hydrogens is 435 g/mol. The third kappa shape index (κ3) is 7.06. The van der Waals surface area contributed by atoms with Crippen LogP contribution in [0.3, 0.4) is 0 Å². The Morgan fingerprint density at radius 1 is 1.00 bits per heavy atom. The van der Waals surface area contributed by atoms with Gasteiger partial charge in [-0.05, 0) is 42.8 Å². The normalized spacial score (nSPS) is 11.0. The Morgan fingerprint density at radius 3 is 2.27 bits per heavy atom. The van der Waals surface area contributed by atoms with E-state index in [2.05, 4.69) is 15.0 Å². The van der Waals surface area contributed by atoms with E-state index in [1.165, 1.54) is 12.1 Å². The van der Waals surface area contributed by atoms with Gasteiger partial charge >= 0.3 is 6.18 Å². The number of hydrogen-bond donors (Lipinski definition) is 1. The molecule has 6 nitrogen and oxygen atoms in total. The number of benzene rings is 2. The Labute approximate surface area is 189 Å². The van der Waals surface area contributed by atoms with Crippen LogP contribution in [0, 0.1) is 0 Å². The Balaban J connectivity index is 1.56. The molecule has 172 valence electrons. The molecule has 1 aromatic heterocycles. The number of amides is 2. The Morgan fingerprint density at radius 2 is 1.70 bits per heavy atom. The van der Waals surface area contributed by atoms with Crippen molar-refractivity contribution >= 4 is 23.2 Å². The second-order valence-electron chi connectivity index (χ2n) is 7.09. The summed E-state index contributed by atoms with van der Waals surface area (Å²) in [7, 11) is 0. The van der Waals surface area contributed by atoms with E-state index in [9.17, 15) is 22.8 Å². The molecule has 0 unspecified atom stereocenters. The maximum absolute atomic E-state index is 12.7. The average Bonchev–Trinajstić information content (AvgIpc) is 2.80. The molecule has 0 aliphatic heterocycles. The van der Waals surface area contributed by atoms with Crippen molar-refractivity contribution in [1.82, 2.24) is 4.98 Å². The number of aromatic nitrogens is 1. The highest BCUT2D eigenvalue weighted by Crippen LogP contribution is 2.19. The first kappa shape index (κ1) is 23.8. The highest BCUT2D eigenvalue weighted by molar-refractivity contribution is 6.04. The predicted molar refractivity (Wildman–Crippen MR) is 118 cm³/mol. The van der Waals surface area contributed by atoms with Crippen molar-refractivity contribution in [3.05, 3.63) is 84.1 Å². The van der Waals surface area contributed by atoms with Crippen LogP contribution in [0.15, 0.2) is 72.9 Å². The Bertz CT molecular complexity index is 1070. The summed E-state index contributed by atoms with van der Waals surface area (Å²) in [6, 6.07) is 18.8. The zero-order chi connectivity index (χ0) is 23.8. The van der Waals surface area contributed by atoms with Crippen molar-refractivity contribution in [1.29, 1.82) is 0 Å². The molecule has 33 heavy (non-hydrogen) atoms. The molecule has 0 atom stereocenters. The molecule has 1 heterocycles. The first-order valence-electron chi connectivity index (χ1n) is 10.2. The van der Waals surface area contributed by atoms with E-state index >= 15 is 0 Å². The molecule has 3 aromatic rings. The van der Waals surface area contributed by atoms with E-state index in [0.29, 0.717) is 12.2 Å². The minimum Gasteiger partial charge on any atom is -0.468 e. The van der Waals surface area contributed by atoms with Gasteiger partial charge in [-0.3, -0.25) is 9.59 Å². The molecule has 2 aromatic carbocycles. The molecule has 1 N–H and O–H groups in total. The van der Waals surface area contributed by atoms with Gasteiger partial charge < -0.3 is 15.0 Å². The van der Waals surface area contributed by atoms with E-state index in [4.69, 9.17) is 0 Å². The zero-order valence-corrected chi connectivity index (χ0v) is 17.8. The number of para-hydroxylation sites is 1. The van der Waals surface area contributed by atoms with Crippen molar-refractivity contribution < 1.29 is 27.5 Å². The lowest BCUT2D eigenvalue weighted by atomic mass is 10.1. The van der Waals surface area contributed by atoms with Gasteiger partial charge in [-0.15, -0.1) is 0 Å². The molecule has 0 spiro atoms. The summed E-state index contributed by atoms with van der Waals surface area (Å²) in [5.74, 6) is -0.746. The number of hydrogen-bond acceptors (Lipinski definition) is 4. The lowest BCUT2D eigenvalue weighted by Gasteiger charge is -2.21. The molecule has 0 saturated heterocycles. The van der Waals surface area contributed by atoms with Crippen molar-refractivity contribution in [2.75, 3.05) is 23.4 Å². The van der Waals surface area contributed by atoms with E-state index in [-0.39, 0.29) is 23.8 Å². The highest BCUT2D eigenvalue weighted by atomic mass is 19.4. The summed E-state index contributed by atoms with van der Waals surface area (Å²) in [4.78, 5) is 30.5. The van der Waals surface area contributed by atoms with Gasteiger partial charge in [-0.25, -0.2) is 4.98 Å². The fraction of sp³-hybridized carbons (Fsp3) is 0.208. The minimum atomic E-state index is -4.47. The van der Waals surface area contributed by atoms with Crippen LogP contribution >= 0.6 is 0 Å². The number of ether oxygens (including phenoxy) is 1. The number of anilines is 2. The van der Waals surface area contributed by atoms with Crippen molar-refractivity contribution in [2.45, 2.75) is 19.5 Å². The van der Waals surface area contributed by atoms with Crippen LogP contribution in [0.5, 0.6) is 5.88 Å². The quantitative estimate of drug-likeness (QED) is 0.524. The number of carbonyl (C=O) groups is 2. The standard InChI is InChI=1S/C24H22F3N3O3/c1-2-30(20-6-4-3-5-7-20)22(31)14-17-8-11-19(12-9-17)29-23(32)18-10-13-21(28-15-18)33-16-24(25,26)27/h3-13,15H,2,14,16H2,1H3,(H,29,32). The van der Waals surface area contributed by atoms with Crippen LogP contribution < -0.4 is 15.0 Å². The summed E-state index contributed by atoms with van der Waals surface area (Å²) < 4.78 is 41.1. The van der Waals surface area contributed by atoms with Crippen LogP contribution in [-0.2, 0) is 11.2 Å². The van der Waals surface area contributed by atoms with Gasteiger partial charge in [0.1, 0.15) is 0 Å². The van der Waals surface area contributed by atoms with E-state index in [1.807, 2.05) is 37.3 Å². The van der Waals surface area contributed by atoms with Gasteiger partial charge in [0.15, 0.2) is 6.61 Å². The number of nitrogens with one attached hydrogen (secondary N) is 1. The molecule has 0 aliphatic carbocycles. The van der Waals surface area contributed by atoms with Gasteiger partial charge in [-0.2, -0.15) is 13.2 Å². The van der Waals surface area contributed by atoms with Gasteiger partial charge in [0.2, 0.25) is 11.8 Å². The van der Waals surface area contributed by atoms with E-state index in [1.54, 1.807) is 29.2 Å². The summed E-state index contributed by atoms with van der Waals surface area (Å²) in [5, 5.41) is 2.68. The third-order valence-electron chi connectivity index (χ3n) is 4.63. The largest absolute Gasteiger partial charge is 0.468 e. The monoisotopic (exact) mass is 457 g/mol. The van der Waals surface area contributed by atoms with Crippen molar-refractivity contribution in [3.8, 4) is 5.88 Å². The van der Waals surface area contributed by atoms with Crippen LogP contribution in [-0.4, -0.2) is 36.1 Å². The summed E-state index contributed by atoms with van der Waals surface area (Å²) in [6.07, 6.45) is -3.12. The average molecular weight is 457 g/mol. The maximum atomic E-state index is 12.7. The smallest absolute Gasteiger partial charge is 0.422 e. The molecule has 3 rings (SSSR count). The molecule has 0 aliphatic rings. The lowest BCUT2D eigenvalue weighted by molar-refractivity contribution is -0.154. The highest BCUT2D eigenvalue weighted by Gasteiger charge is 2.28. The third-order valence-corrected chi connectivity index (χ3v) is 4.63. The number of halogens is 3. The maximum Gasteiger partial charge on any atom is 0.422 e. The van der Waals surface area contributed by atoms with Gasteiger partial charge in [0, 0.05) is 30.2 Å². The van der Waals surface area contributed by atoms with Crippen LogP contribution in [0.1, 0.15) is 22.8 Å². The number of rotatable bonds is 8. The van der Waals surface area contributed by atoms with Crippen LogP contribution in [0.4, 0.5) is 24.5 Å². The first-order chi connectivity index (χ1) is 15.7. The molecular formula is C24H22F3N3O3. The predicted octanol–water partition coefficient (Wildman–Crippen LogP) is 4.87. The summed E-state index contributed by atoms with van der Waals surface area (Å²) in [6.45, 7) is 1.00. The van der Waals surface area contributed by atoms with Gasteiger partial charge in [0.05, 0.1) is 12.0 Å². The summed E-state index contributed by atoms with van der Waals surface area (Å²) >= 11 is 0. The van der Waals surface area contributed by atoms with Crippen LogP contribution in [0.2, 0.25) is 0 Å². The number of carbonyl (C=O) groups excluding carboxylic acids is 2. The SMILES string of the molecule is CCN(C(=O)Cc1ccc(NC(=O)c2ccc(OCC(F)(F)F)nc2)cc1)c1ccccc1.